The molecular formula is C36H72. The van der Waals surface area contributed by atoms with E-state index < -0.39 is 0 Å². The highest BCUT2D eigenvalue weighted by molar-refractivity contribution is 4.89. The van der Waals surface area contributed by atoms with Gasteiger partial charge >= 0.3 is 0 Å². The Labute approximate surface area is 231 Å². The van der Waals surface area contributed by atoms with Crippen molar-refractivity contribution < 1.29 is 0 Å². The van der Waals surface area contributed by atoms with E-state index in [0.29, 0.717) is 0 Å². The SMILES string of the molecule is CCCCCCCCCC/C=C/C(CCCCCCCCCC)CC(C)CCCCCCCCCC. The highest BCUT2D eigenvalue weighted by Gasteiger charge is 2.11. The number of allylic oxidation sites excluding steroid dienone is 2. The third-order valence-corrected chi connectivity index (χ3v) is 8.32. The van der Waals surface area contributed by atoms with Crippen molar-refractivity contribution in [2.24, 2.45) is 11.8 Å². The standard InChI is InChI=1S/C36H72/c1-5-8-11-14-17-20-21-24-27-30-33-36(32-29-26-23-19-16-13-10-7-3)34-35(4)31-28-25-22-18-15-12-9-6-2/h30,33,35-36H,5-29,31-32,34H2,1-4H3/b33-30+. The lowest BCUT2D eigenvalue weighted by Crippen LogP contribution is -2.05. The summed E-state index contributed by atoms with van der Waals surface area (Å²) in [6.45, 7) is 9.48. The van der Waals surface area contributed by atoms with Crippen LogP contribution in [0.3, 0.4) is 0 Å². The summed E-state index contributed by atoms with van der Waals surface area (Å²) in [4.78, 5) is 0. The molecule has 0 aromatic rings. The van der Waals surface area contributed by atoms with E-state index in [1.54, 1.807) is 0 Å². The Morgan fingerprint density at radius 3 is 1.22 bits per heavy atom. The molecule has 0 nitrogen and oxygen atoms in total. The van der Waals surface area contributed by atoms with Crippen LogP contribution in [0.5, 0.6) is 0 Å². The van der Waals surface area contributed by atoms with Gasteiger partial charge in [-0.1, -0.05) is 194 Å². The highest BCUT2D eigenvalue weighted by atomic mass is 14.2. The monoisotopic (exact) mass is 505 g/mol. The zero-order chi connectivity index (χ0) is 26.4. The van der Waals surface area contributed by atoms with Gasteiger partial charge in [0.15, 0.2) is 0 Å². The number of hydrogen-bond donors (Lipinski definition) is 0. The number of hydrogen-bond acceptors (Lipinski definition) is 0. The lowest BCUT2D eigenvalue weighted by atomic mass is 9.87. The first kappa shape index (κ1) is 35.7. The van der Waals surface area contributed by atoms with Gasteiger partial charge in [-0.15, -0.1) is 0 Å². The lowest BCUT2D eigenvalue weighted by Gasteiger charge is -2.18. The molecule has 0 aliphatic heterocycles. The fraction of sp³-hybridized carbons (Fsp3) is 0.944. The Bertz CT molecular complexity index is 408. The molecule has 216 valence electrons. The molecule has 0 heteroatoms. The van der Waals surface area contributed by atoms with Crippen LogP contribution < -0.4 is 0 Å². The van der Waals surface area contributed by atoms with Crippen LogP contribution in [0.15, 0.2) is 12.2 Å². The predicted molar refractivity (Wildman–Crippen MR) is 168 cm³/mol. The van der Waals surface area contributed by atoms with Crippen LogP contribution in [0.25, 0.3) is 0 Å². The largest absolute Gasteiger partial charge is 0.0883 e. The lowest BCUT2D eigenvalue weighted by molar-refractivity contribution is 0.379. The molecule has 0 fully saturated rings. The van der Waals surface area contributed by atoms with Crippen molar-refractivity contribution in [2.75, 3.05) is 0 Å². The van der Waals surface area contributed by atoms with E-state index in [4.69, 9.17) is 0 Å². The maximum Gasteiger partial charge on any atom is -0.0231 e. The third kappa shape index (κ3) is 28.3. The van der Waals surface area contributed by atoms with E-state index in [0.717, 1.165) is 11.8 Å². The average molecular weight is 505 g/mol. The topological polar surface area (TPSA) is 0 Å². The first-order valence-corrected chi connectivity index (χ1v) is 17.4. The molecule has 0 heterocycles. The molecule has 0 aliphatic rings. The molecular weight excluding hydrogens is 432 g/mol. The van der Waals surface area contributed by atoms with Crippen LogP contribution in [0.2, 0.25) is 0 Å². The summed E-state index contributed by atoms with van der Waals surface area (Å²) in [5, 5.41) is 0. The number of unbranched alkanes of at least 4 members (excludes halogenated alkanes) is 22. The zero-order valence-corrected chi connectivity index (χ0v) is 26.1. The van der Waals surface area contributed by atoms with Gasteiger partial charge in [0.1, 0.15) is 0 Å². The van der Waals surface area contributed by atoms with Gasteiger partial charge in [0, 0.05) is 0 Å². The molecule has 2 atom stereocenters. The van der Waals surface area contributed by atoms with Crippen LogP contribution in [-0.4, -0.2) is 0 Å². The molecule has 0 spiro atoms. The van der Waals surface area contributed by atoms with E-state index in [-0.39, 0.29) is 0 Å². The van der Waals surface area contributed by atoms with Gasteiger partial charge in [0.05, 0.1) is 0 Å². The Morgan fingerprint density at radius 1 is 0.417 bits per heavy atom. The maximum atomic E-state index is 2.65. The van der Waals surface area contributed by atoms with Crippen molar-refractivity contribution in [3.8, 4) is 0 Å². The van der Waals surface area contributed by atoms with Crippen molar-refractivity contribution in [3.05, 3.63) is 12.2 Å². The van der Waals surface area contributed by atoms with Crippen LogP contribution in [-0.2, 0) is 0 Å². The van der Waals surface area contributed by atoms with Gasteiger partial charge in [-0.3, -0.25) is 0 Å². The summed E-state index contributed by atoms with van der Waals surface area (Å²) < 4.78 is 0. The molecule has 0 radical (unpaired) electrons. The summed E-state index contributed by atoms with van der Waals surface area (Å²) in [5.41, 5.74) is 0. The maximum absolute atomic E-state index is 2.65. The summed E-state index contributed by atoms with van der Waals surface area (Å²) in [6, 6.07) is 0. The Hall–Kier alpha value is -0.260. The normalized spacial score (nSPS) is 13.6. The predicted octanol–water partition coefficient (Wildman–Crippen LogP) is 13.8. The summed E-state index contributed by atoms with van der Waals surface area (Å²) in [6.07, 6.45) is 45.5. The summed E-state index contributed by atoms with van der Waals surface area (Å²) in [5.74, 6) is 1.74. The van der Waals surface area contributed by atoms with E-state index in [2.05, 4.69) is 39.8 Å². The molecule has 0 aromatic heterocycles. The highest BCUT2D eigenvalue weighted by Crippen LogP contribution is 2.25. The van der Waals surface area contributed by atoms with Crippen LogP contribution in [0.4, 0.5) is 0 Å². The van der Waals surface area contributed by atoms with Crippen molar-refractivity contribution in [1.82, 2.24) is 0 Å². The van der Waals surface area contributed by atoms with Crippen molar-refractivity contribution in [2.45, 2.75) is 207 Å². The van der Waals surface area contributed by atoms with Gasteiger partial charge < -0.3 is 0 Å². The van der Waals surface area contributed by atoms with E-state index >= 15 is 0 Å². The fourth-order valence-corrected chi connectivity index (χ4v) is 5.78. The van der Waals surface area contributed by atoms with Crippen molar-refractivity contribution in [1.29, 1.82) is 0 Å². The molecule has 0 amide bonds. The van der Waals surface area contributed by atoms with Crippen molar-refractivity contribution in [3.63, 3.8) is 0 Å². The second kappa shape index (κ2) is 31.0. The van der Waals surface area contributed by atoms with Crippen molar-refractivity contribution >= 4 is 0 Å². The van der Waals surface area contributed by atoms with E-state index in [9.17, 15) is 0 Å². The summed E-state index contributed by atoms with van der Waals surface area (Å²) >= 11 is 0. The van der Waals surface area contributed by atoms with Crippen LogP contribution in [0.1, 0.15) is 207 Å². The Kier molecular flexibility index (Phi) is 30.7. The third-order valence-electron chi connectivity index (χ3n) is 8.32. The first-order chi connectivity index (χ1) is 17.7. The smallest absolute Gasteiger partial charge is 0.0231 e. The number of rotatable bonds is 30. The molecule has 0 bridgehead atoms. The van der Waals surface area contributed by atoms with Gasteiger partial charge in [0.2, 0.25) is 0 Å². The minimum Gasteiger partial charge on any atom is -0.0883 e. The minimum absolute atomic E-state index is 0.836. The Morgan fingerprint density at radius 2 is 0.778 bits per heavy atom. The summed E-state index contributed by atoms with van der Waals surface area (Å²) in [7, 11) is 0. The second-order valence-electron chi connectivity index (χ2n) is 12.3. The first-order valence-electron chi connectivity index (χ1n) is 17.4. The molecule has 0 saturated carbocycles. The van der Waals surface area contributed by atoms with E-state index in [1.165, 1.54) is 180 Å². The fourth-order valence-electron chi connectivity index (χ4n) is 5.78. The van der Waals surface area contributed by atoms with Gasteiger partial charge in [0.25, 0.3) is 0 Å². The molecule has 2 unspecified atom stereocenters. The van der Waals surface area contributed by atoms with Gasteiger partial charge in [-0.25, -0.2) is 0 Å². The van der Waals surface area contributed by atoms with E-state index in [1.807, 2.05) is 0 Å². The average Bonchev–Trinajstić information content (AvgIpc) is 2.88. The quantitative estimate of drug-likeness (QED) is 0.0673. The van der Waals surface area contributed by atoms with Gasteiger partial charge in [-0.2, -0.15) is 0 Å². The minimum atomic E-state index is 0.836. The molecule has 0 rings (SSSR count). The molecule has 0 aliphatic carbocycles. The molecule has 0 saturated heterocycles. The molecule has 0 N–H and O–H groups in total. The second-order valence-corrected chi connectivity index (χ2v) is 12.3. The molecule has 0 aromatic carbocycles. The zero-order valence-electron chi connectivity index (χ0n) is 26.1. The Balaban J connectivity index is 4.12. The van der Waals surface area contributed by atoms with Gasteiger partial charge in [-0.05, 0) is 37.5 Å². The van der Waals surface area contributed by atoms with Crippen LogP contribution >= 0.6 is 0 Å². The molecule has 36 heavy (non-hydrogen) atoms. The van der Waals surface area contributed by atoms with Crippen LogP contribution in [0, 0.1) is 11.8 Å².